The van der Waals surface area contributed by atoms with Gasteiger partial charge < -0.3 is 5.11 Å². The summed E-state index contributed by atoms with van der Waals surface area (Å²) in [5.41, 5.74) is 5.54. The van der Waals surface area contributed by atoms with Crippen LogP contribution in [-0.2, 0) is 0 Å². The maximum Gasteiger partial charge on any atom is 0.0558 e. The summed E-state index contributed by atoms with van der Waals surface area (Å²) in [5.74, 6) is 0.409. The van der Waals surface area contributed by atoms with E-state index in [0.717, 1.165) is 39.3 Å². The fraction of sp³-hybridized carbons (Fsp3) is 0.364. The van der Waals surface area contributed by atoms with E-state index in [-0.39, 0.29) is 6.61 Å². The molecule has 0 radical (unpaired) electrons. The topological polar surface area (TPSA) is 26.7 Å². The summed E-state index contributed by atoms with van der Waals surface area (Å²) in [6.45, 7) is 6.37. The Morgan fingerprint density at radius 2 is 1.28 bits per heavy atom. The molecule has 4 rings (SSSR count). The molecule has 2 aromatic rings. The number of piperazine rings is 1. The number of nitrogens with zero attached hydrogens (tertiary/aromatic N) is 2. The van der Waals surface area contributed by atoms with E-state index in [4.69, 9.17) is 5.11 Å². The van der Waals surface area contributed by atoms with E-state index in [9.17, 15) is 0 Å². The van der Waals surface area contributed by atoms with Gasteiger partial charge in [-0.05, 0) is 22.3 Å². The third-order valence-electron chi connectivity index (χ3n) is 5.51. The van der Waals surface area contributed by atoms with E-state index >= 15 is 0 Å². The zero-order valence-electron chi connectivity index (χ0n) is 14.6. The van der Waals surface area contributed by atoms with Crippen LogP contribution in [0, 0.1) is 0 Å². The second kappa shape index (κ2) is 7.52. The van der Waals surface area contributed by atoms with Crippen molar-refractivity contribution in [3.05, 3.63) is 70.8 Å². The maximum absolute atomic E-state index is 9.13. The summed E-state index contributed by atoms with van der Waals surface area (Å²) < 4.78 is 0. The van der Waals surface area contributed by atoms with Crippen molar-refractivity contribution in [3.63, 3.8) is 0 Å². The van der Waals surface area contributed by atoms with Gasteiger partial charge in [-0.15, -0.1) is 0 Å². The molecular formula is C22H26N2O. The largest absolute Gasteiger partial charge is 0.395 e. The molecule has 0 bridgehead atoms. The molecule has 3 heteroatoms. The summed E-state index contributed by atoms with van der Waals surface area (Å²) in [6.07, 6.45) is 4.51. The number of rotatable bonds is 4. The van der Waals surface area contributed by atoms with Gasteiger partial charge in [0.25, 0.3) is 0 Å². The van der Waals surface area contributed by atoms with Gasteiger partial charge in [0.2, 0.25) is 0 Å². The summed E-state index contributed by atoms with van der Waals surface area (Å²) in [6, 6.07) is 17.6. The highest BCUT2D eigenvalue weighted by Crippen LogP contribution is 2.35. The molecule has 130 valence electrons. The minimum Gasteiger partial charge on any atom is -0.395 e. The molecule has 1 aliphatic heterocycles. The number of β-amino-alcohol motifs (C(OH)–C–C–N with tert-alkyl or cyclic N) is 1. The van der Waals surface area contributed by atoms with Gasteiger partial charge in [0.1, 0.15) is 0 Å². The zero-order valence-corrected chi connectivity index (χ0v) is 14.6. The normalized spacial score (nSPS) is 18.6. The van der Waals surface area contributed by atoms with Gasteiger partial charge in [0.05, 0.1) is 6.61 Å². The molecule has 1 saturated heterocycles. The van der Waals surface area contributed by atoms with Gasteiger partial charge in [0.15, 0.2) is 0 Å². The highest BCUT2D eigenvalue weighted by atomic mass is 16.3. The second-order valence-corrected chi connectivity index (χ2v) is 7.01. The van der Waals surface area contributed by atoms with Crippen LogP contribution in [0.25, 0.3) is 12.2 Å². The molecule has 1 N–H and O–H groups in total. The average Bonchev–Trinajstić information content (AvgIpc) is 2.81. The summed E-state index contributed by atoms with van der Waals surface area (Å²) in [7, 11) is 0. The van der Waals surface area contributed by atoms with Crippen molar-refractivity contribution in [1.29, 1.82) is 0 Å². The molecule has 0 unspecified atom stereocenters. The Morgan fingerprint density at radius 1 is 0.760 bits per heavy atom. The Bertz CT molecular complexity index is 698. The van der Waals surface area contributed by atoms with Crippen molar-refractivity contribution in [2.24, 2.45) is 0 Å². The molecular weight excluding hydrogens is 308 g/mol. The van der Waals surface area contributed by atoms with Crippen molar-refractivity contribution in [2.75, 3.05) is 45.9 Å². The Balaban J connectivity index is 1.59. The first-order chi connectivity index (χ1) is 12.3. The lowest BCUT2D eigenvalue weighted by atomic mass is 9.87. The van der Waals surface area contributed by atoms with Crippen molar-refractivity contribution in [3.8, 4) is 0 Å². The molecule has 1 heterocycles. The van der Waals surface area contributed by atoms with Crippen LogP contribution in [0.15, 0.2) is 48.5 Å². The van der Waals surface area contributed by atoms with Crippen LogP contribution in [0.5, 0.6) is 0 Å². The smallest absolute Gasteiger partial charge is 0.0558 e. The average molecular weight is 334 g/mol. The fourth-order valence-electron chi connectivity index (χ4n) is 4.10. The fourth-order valence-corrected chi connectivity index (χ4v) is 4.10. The zero-order chi connectivity index (χ0) is 17.1. The van der Waals surface area contributed by atoms with E-state index in [0.29, 0.717) is 5.92 Å². The molecule has 1 fully saturated rings. The van der Waals surface area contributed by atoms with Crippen molar-refractivity contribution >= 4 is 12.2 Å². The van der Waals surface area contributed by atoms with Crippen LogP contribution in [0.2, 0.25) is 0 Å². The van der Waals surface area contributed by atoms with E-state index in [2.05, 4.69) is 70.5 Å². The Morgan fingerprint density at radius 3 is 1.84 bits per heavy atom. The van der Waals surface area contributed by atoms with Crippen LogP contribution in [0.1, 0.15) is 28.2 Å². The minimum absolute atomic E-state index is 0.259. The lowest BCUT2D eigenvalue weighted by molar-refractivity contribution is 0.110. The van der Waals surface area contributed by atoms with E-state index < -0.39 is 0 Å². The van der Waals surface area contributed by atoms with Crippen LogP contribution < -0.4 is 0 Å². The first-order valence-electron chi connectivity index (χ1n) is 9.26. The molecule has 1 aliphatic carbocycles. The predicted molar refractivity (Wildman–Crippen MR) is 104 cm³/mol. The number of fused-ring (bicyclic) bond motifs is 2. The minimum atomic E-state index is 0.259. The molecule has 0 aromatic heterocycles. The van der Waals surface area contributed by atoms with Gasteiger partial charge in [0, 0.05) is 45.2 Å². The van der Waals surface area contributed by atoms with Crippen molar-refractivity contribution in [1.82, 2.24) is 9.80 Å². The number of aliphatic hydroxyl groups is 1. The Labute approximate surface area is 150 Å². The standard InChI is InChI=1S/C22H26N2O/c25-16-15-23-11-13-24(14-12-23)17-22-20-7-3-1-5-18(20)9-10-19-6-2-4-8-21(19)22/h1-10,22,25H,11-17H2. The quantitative estimate of drug-likeness (QED) is 0.931. The SMILES string of the molecule is OCCN1CCN(CC2c3ccccc3C=Cc3ccccc32)CC1. The molecule has 25 heavy (non-hydrogen) atoms. The monoisotopic (exact) mass is 334 g/mol. The van der Waals surface area contributed by atoms with Crippen LogP contribution in [0.4, 0.5) is 0 Å². The molecule has 0 atom stereocenters. The third kappa shape index (κ3) is 3.54. The Hall–Kier alpha value is -1.94. The third-order valence-corrected chi connectivity index (χ3v) is 5.51. The van der Waals surface area contributed by atoms with Gasteiger partial charge in [-0.2, -0.15) is 0 Å². The van der Waals surface area contributed by atoms with Crippen LogP contribution in [-0.4, -0.2) is 60.8 Å². The first-order valence-corrected chi connectivity index (χ1v) is 9.26. The number of benzene rings is 2. The van der Waals surface area contributed by atoms with Crippen molar-refractivity contribution in [2.45, 2.75) is 5.92 Å². The second-order valence-electron chi connectivity index (χ2n) is 7.01. The van der Waals surface area contributed by atoms with Gasteiger partial charge in [-0.25, -0.2) is 0 Å². The van der Waals surface area contributed by atoms with Crippen molar-refractivity contribution < 1.29 is 5.11 Å². The summed E-state index contributed by atoms with van der Waals surface area (Å²) >= 11 is 0. The molecule has 0 saturated carbocycles. The maximum atomic E-state index is 9.13. The van der Waals surface area contributed by atoms with Crippen LogP contribution in [0.3, 0.4) is 0 Å². The molecule has 0 amide bonds. The number of hydrogen-bond acceptors (Lipinski definition) is 3. The number of aliphatic hydroxyl groups excluding tert-OH is 1. The van der Waals surface area contributed by atoms with Gasteiger partial charge >= 0.3 is 0 Å². The van der Waals surface area contributed by atoms with Crippen LogP contribution >= 0.6 is 0 Å². The lowest BCUT2D eigenvalue weighted by Crippen LogP contribution is -2.48. The molecule has 2 aliphatic rings. The van der Waals surface area contributed by atoms with E-state index in [1.807, 2.05) is 0 Å². The predicted octanol–water partition coefficient (Wildman–Crippen LogP) is 2.91. The van der Waals surface area contributed by atoms with Gasteiger partial charge in [-0.1, -0.05) is 60.7 Å². The first kappa shape index (κ1) is 16.5. The summed E-state index contributed by atoms with van der Waals surface area (Å²) in [5, 5.41) is 9.13. The van der Waals surface area contributed by atoms with E-state index in [1.165, 1.54) is 22.3 Å². The highest BCUT2D eigenvalue weighted by Gasteiger charge is 2.25. The number of hydrogen-bond donors (Lipinski definition) is 1. The lowest BCUT2D eigenvalue weighted by Gasteiger charge is -2.36. The van der Waals surface area contributed by atoms with E-state index in [1.54, 1.807) is 0 Å². The summed E-state index contributed by atoms with van der Waals surface area (Å²) in [4.78, 5) is 4.93. The van der Waals surface area contributed by atoms with Gasteiger partial charge in [-0.3, -0.25) is 9.80 Å². The highest BCUT2D eigenvalue weighted by molar-refractivity contribution is 5.76. The Kier molecular flexibility index (Phi) is 4.97. The molecule has 2 aromatic carbocycles. The molecule has 0 spiro atoms. The molecule has 3 nitrogen and oxygen atoms in total.